The Labute approximate surface area is 103 Å². The van der Waals surface area contributed by atoms with Gasteiger partial charge in [0.1, 0.15) is 0 Å². The molecule has 0 saturated heterocycles. The molecular formula is C15H19NO. The van der Waals surface area contributed by atoms with E-state index in [0.717, 1.165) is 16.8 Å². The molecule has 0 heterocycles. The van der Waals surface area contributed by atoms with Crippen LogP contribution in [-0.2, 0) is 4.79 Å². The zero-order chi connectivity index (χ0) is 13.0. The number of anilines is 1. The third-order valence-corrected chi connectivity index (χ3v) is 2.80. The van der Waals surface area contributed by atoms with Crippen molar-refractivity contribution in [1.29, 1.82) is 0 Å². The number of amides is 1. The van der Waals surface area contributed by atoms with Gasteiger partial charge in [0.2, 0.25) is 5.91 Å². The first-order chi connectivity index (χ1) is 7.95. The second-order valence-electron chi connectivity index (χ2n) is 4.57. The van der Waals surface area contributed by atoms with E-state index in [2.05, 4.69) is 23.4 Å². The maximum atomic E-state index is 11.9. The Morgan fingerprint density at radius 2 is 1.88 bits per heavy atom. The van der Waals surface area contributed by atoms with Crippen molar-refractivity contribution in [3.63, 3.8) is 0 Å². The van der Waals surface area contributed by atoms with Crippen molar-refractivity contribution in [1.82, 2.24) is 0 Å². The highest BCUT2D eigenvalue weighted by Gasteiger charge is 2.14. The lowest BCUT2D eigenvalue weighted by Crippen LogP contribution is -2.21. The Balaban J connectivity index is 2.90. The lowest BCUT2D eigenvalue weighted by molar-refractivity contribution is -0.119. The highest BCUT2D eigenvalue weighted by atomic mass is 16.1. The van der Waals surface area contributed by atoms with Crippen LogP contribution in [0.4, 0.5) is 5.69 Å². The SMILES string of the molecule is C#CCC(C)C(=O)Nc1c(C)cc(C)cc1C. The van der Waals surface area contributed by atoms with E-state index in [-0.39, 0.29) is 11.8 Å². The molecule has 1 aromatic carbocycles. The Kier molecular flexibility index (Phi) is 4.34. The first kappa shape index (κ1) is 13.3. The van der Waals surface area contributed by atoms with Gasteiger partial charge in [0.15, 0.2) is 0 Å². The summed E-state index contributed by atoms with van der Waals surface area (Å²) in [6.45, 7) is 7.89. The fourth-order valence-electron chi connectivity index (χ4n) is 1.89. The van der Waals surface area contributed by atoms with Crippen LogP contribution in [0.1, 0.15) is 30.0 Å². The van der Waals surface area contributed by atoms with Crippen molar-refractivity contribution in [3.8, 4) is 12.3 Å². The fraction of sp³-hybridized carbons (Fsp3) is 0.400. The summed E-state index contributed by atoms with van der Waals surface area (Å²) in [7, 11) is 0. The van der Waals surface area contributed by atoms with Crippen LogP contribution in [0, 0.1) is 39.0 Å². The minimum absolute atomic E-state index is 0.0157. The Morgan fingerprint density at radius 1 is 1.35 bits per heavy atom. The third-order valence-electron chi connectivity index (χ3n) is 2.80. The molecule has 0 spiro atoms. The molecule has 1 atom stereocenters. The van der Waals surface area contributed by atoms with Crippen LogP contribution in [0.2, 0.25) is 0 Å². The highest BCUT2D eigenvalue weighted by molar-refractivity contribution is 5.94. The minimum atomic E-state index is -0.153. The van der Waals surface area contributed by atoms with E-state index < -0.39 is 0 Å². The van der Waals surface area contributed by atoms with Crippen LogP contribution >= 0.6 is 0 Å². The van der Waals surface area contributed by atoms with E-state index in [0.29, 0.717) is 6.42 Å². The molecule has 17 heavy (non-hydrogen) atoms. The van der Waals surface area contributed by atoms with Crippen molar-refractivity contribution in [2.45, 2.75) is 34.1 Å². The van der Waals surface area contributed by atoms with Crippen molar-refractivity contribution in [2.24, 2.45) is 5.92 Å². The van der Waals surface area contributed by atoms with Gasteiger partial charge < -0.3 is 5.32 Å². The van der Waals surface area contributed by atoms with Gasteiger partial charge in [-0.25, -0.2) is 0 Å². The lowest BCUT2D eigenvalue weighted by atomic mass is 10.0. The number of carbonyl (C=O) groups excluding carboxylic acids is 1. The summed E-state index contributed by atoms with van der Waals surface area (Å²) in [6, 6.07) is 4.13. The smallest absolute Gasteiger partial charge is 0.228 e. The van der Waals surface area contributed by atoms with Crippen molar-refractivity contribution < 1.29 is 4.79 Å². The molecule has 0 aliphatic carbocycles. The number of nitrogens with one attached hydrogen (secondary N) is 1. The summed E-state index contributed by atoms with van der Waals surface area (Å²) >= 11 is 0. The van der Waals surface area contributed by atoms with Gasteiger partial charge >= 0.3 is 0 Å². The van der Waals surface area contributed by atoms with Crippen LogP contribution in [0.5, 0.6) is 0 Å². The maximum absolute atomic E-state index is 11.9. The monoisotopic (exact) mass is 229 g/mol. The van der Waals surface area contributed by atoms with E-state index in [4.69, 9.17) is 6.42 Å². The normalized spacial score (nSPS) is 11.7. The molecule has 0 radical (unpaired) electrons. The minimum Gasteiger partial charge on any atom is -0.325 e. The summed E-state index contributed by atoms with van der Waals surface area (Å²) in [5, 5.41) is 2.96. The number of hydrogen-bond donors (Lipinski definition) is 1. The van der Waals surface area contributed by atoms with Gasteiger partial charge in [0.25, 0.3) is 0 Å². The highest BCUT2D eigenvalue weighted by Crippen LogP contribution is 2.22. The Morgan fingerprint density at radius 3 is 2.35 bits per heavy atom. The lowest BCUT2D eigenvalue weighted by Gasteiger charge is -2.15. The molecule has 0 fully saturated rings. The molecule has 1 rings (SSSR count). The molecule has 2 nitrogen and oxygen atoms in total. The topological polar surface area (TPSA) is 29.1 Å². The van der Waals surface area contributed by atoms with Crippen LogP contribution in [0.15, 0.2) is 12.1 Å². The predicted molar refractivity (Wildman–Crippen MR) is 71.9 cm³/mol. The molecule has 0 aliphatic heterocycles. The molecule has 1 N–H and O–H groups in total. The molecule has 90 valence electrons. The summed E-state index contributed by atoms with van der Waals surface area (Å²) in [5.74, 6) is 2.34. The zero-order valence-corrected chi connectivity index (χ0v) is 10.9. The van der Waals surface area contributed by atoms with Gasteiger partial charge in [-0.15, -0.1) is 12.3 Å². The number of aryl methyl sites for hydroxylation is 3. The quantitative estimate of drug-likeness (QED) is 0.792. The number of rotatable bonds is 3. The molecule has 0 aliphatic rings. The summed E-state index contributed by atoms with van der Waals surface area (Å²) in [5.41, 5.74) is 4.28. The van der Waals surface area contributed by atoms with Gasteiger partial charge in [0, 0.05) is 18.0 Å². The van der Waals surface area contributed by atoms with Crippen molar-refractivity contribution >= 4 is 11.6 Å². The van der Waals surface area contributed by atoms with Gasteiger partial charge in [-0.05, 0) is 31.9 Å². The van der Waals surface area contributed by atoms with Crippen LogP contribution in [0.3, 0.4) is 0 Å². The van der Waals surface area contributed by atoms with Gasteiger partial charge in [-0.2, -0.15) is 0 Å². The summed E-state index contributed by atoms with van der Waals surface area (Å²) in [6.07, 6.45) is 5.68. The van der Waals surface area contributed by atoms with Crippen molar-refractivity contribution in [3.05, 3.63) is 28.8 Å². The predicted octanol–water partition coefficient (Wildman–Crippen LogP) is 3.21. The van der Waals surface area contributed by atoms with E-state index in [9.17, 15) is 4.79 Å². The Hall–Kier alpha value is -1.75. The summed E-state index contributed by atoms with van der Waals surface area (Å²) < 4.78 is 0. The Bertz CT molecular complexity index is 445. The molecule has 1 unspecified atom stereocenters. The first-order valence-electron chi connectivity index (χ1n) is 5.78. The number of hydrogen-bond acceptors (Lipinski definition) is 1. The molecular weight excluding hydrogens is 210 g/mol. The molecule has 0 bridgehead atoms. The standard InChI is InChI=1S/C15H19NO/c1-6-7-11(3)15(17)16-14-12(4)8-10(2)9-13(14)5/h1,8-9,11H,7H2,2-5H3,(H,16,17). The number of carbonyl (C=O) groups is 1. The van der Waals surface area contributed by atoms with E-state index in [1.807, 2.05) is 27.7 Å². The van der Waals surface area contributed by atoms with E-state index in [1.165, 1.54) is 5.56 Å². The molecule has 1 amide bonds. The second-order valence-corrected chi connectivity index (χ2v) is 4.57. The van der Waals surface area contributed by atoms with Gasteiger partial charge in [0.05, 0.1) is 0 Å². The molecule has 0 aromatic heterocycles. The van der Waals surface area contributed by atoms with Crippen molar-refractivity contribution in [2.75, 3.05) is 5.32 Å². The van der Waals surface area contributed by atoms with Gasteiger partial charge in [-0.3, -0.25) is 4.79 Å². The van der Waals surface area contributed by atoms with E-state index in [1.54, 1.807) is 0 Å². The average Bonchev–Trinajstić information content (AvgIpc) is 2.23. The van der Waals surface area contributed by atoms with Crippen LogP contribution < -0.4 is 5.32 Å². The number of benzene rings is 1. The van der Waals surface area contributed by atoms with Gasteiger partial charge in [-0.1, -0.05) is 24.6 Å². The van der Waals surface area contributed by atoms with Crippen LogP contribution in [-0.4, -0.2) is 5.91 Å². The first-order valence-corrected chi connectivity index (χ1v) is 5.78. The summed E-state index contributed by atoms with van der Waals surface area (Å²) in [4.78, 5) is 11.9. The van der Waals surface area contributed by atoms with Crippen LogP contribution in [0.25, 0.3) is 0 Å². The maximum Gasteiger partial charge on any atom is 0.228 e. The third kappa shape index (κ3) is 3.35. The second kappa shape index (κ2) is 5.54. The number of terminal acetylenes is 1. The molecule has 2 heteroatoms. The molecule has 0 saturated carbocycles. The van der Waals surface area contributed by atoms with E-state index >= 15 is 0 Å². The average molecular weight is 229 g/mol. The largest absolute Gasteiger partial charge is 0.325 e. The molecule has 1 aromatic rings. The fourth-order valence-corrected chi connectivity index (χ4v) is 1.89. The zero-order valence-electron chi connectivity index (χ0n) is 10.9.